The summed E-state index contributed by atoms with van der Waals surface area (Å²) in [5.41, 5.74) is 1.28. The van der Waals surface area contributed by atoms with E-state index in [1.807, 2.05) is 13.0 Å². The van der Waals surface area contributed by atoms with Gasteiger partial charge < -0.3 is 14.8 Å². The van der Waals surface area contributed by atoms with E-state index in [1.165, 1.54) is 18.4 Å². The van der Waals surface area contributed by atoms with Crippen molar-refractivity contribution in [3.8, 4) is 5.75 Å². The Morgan fingerprint density at radius 2 is 2.22 bits per heavy atom. The molecule has 0 saturated heterocycles. The minimum atomic E-state index is 0.105. The summed E-state index contributed by atoms with van der Waals surface area (Å²) >= 11 is 3.55. The van der Waals surface area contributed by atoms with Gasteiger partial charge in [0.15, 0.2) is 0 Å². The molecule has 100 valence electrons. The molecule has 1 aromatic carbocycles. The summed E-state index contributed by atoms with van der Waals surface area (Å²) in [6, 6.07) is 6.97. The van der Waals surface area contributed by atoms with Crippen LogP contribution in [0.25, 0.3) is 0 Å². The van der Waals surface area contributed by atoms with Gasteiger partial charge in [-0.05, 0) is 53.4 Å². The van der Waals surface area contributed by atoms with E-state index in [2.05, 4.69) is 33.4 Å². The normalized spacial score (nSPS) is 16.6. The zero-order valence-corrected chi connectivity index (χ0v) is 12.5. The minimum Gasteiger partial charge on any atom is -0.490 e. The number of methoxy groups -OCH3 is 1. The largest absolute Gasteiger partial charge is 0.490 e. The third-order valence-corrected chi connectivity index (χ3v) is 3.66. The fourth-order valence-corrected chi connectivity index (χ4v) is 2.14. The van der Waals surface area contributed by atoms with Gasteiger partial charge in [-0.1, -0.05) is 6.07 Å². The summed E-state index contributed by atoms with van der Waals surface area (Å²) in [6.45, 7) is 3.48. The molecule has 18 heavy (non-hydrogen) atoms. The molecule has 2 rings (SSSR count). The molecule has 1 atom stereocenters. The van der Waals surface area contributed by atoms with Crippen molar-refractivity contribution in [1.29, 1.82) is 0 Å². The molecule has 0 heterocycles. The summed E-state index contributed by atoms with van der Waals surface area (Å²) in [6.07, 6.45) is 2.74. The Bertz CT molecular complexity index is 393. The van der Waals surface area contributed by atoms with Crippen molar-refractivity contribution in [1.82, 2.24) is 5.32 Å². The molecule has 1 aliphatic carbocycles. The minimum absolute atomic E-state index is 0.105. The Morgan fingerprint density at radius 3 is 2.83 bits per heavy atom. The lowest BCUT2D eigenvalue weighted by molar-refractivity contribution is 0.0714. The summed E-state index contributed by atoms with van der Waals surface area (Å²) in [5.74, 6) is 0.870. The zero-order valence-electron chi connectivity index (χ0n) is 10.9. The van der Waals surface area contributed by atoms with Crippen LogP contribution in [0.2, 0.25) is 0 Å². The summed E-state index contributed by atoms with van der Waals surface area (Å²) in [7, 11) is 1.69. The van der Waals surface area contributed by atoms with Crippen LogP contribution in [-0.4, -0.2) is 25.9 Å². The number of benzene rings is 1. The summed E-state index contributed by atoms with van der Waals surface area (Å²) in [5, 5.41) is 3.50. The van der Waals surface area contributed by atoms with Crippen LogP contribution < -0.4 is 10.1 Å². The Morgan fingerprint density at radius 1 is 1.44 bits per heavy atom. The van der Waals surface area contributed by atoms with E-state index < -0.39 is 0 Å². The van der Waals surface area contributed by atoms with Gasteiger partial charge in [0, 0.05) is 19.7 Å². The monoisotopic (exact) mass is 313 g/mol. The van der Waals surface area contributed by atoms with Crippen molar-refractivity contribution >= 4 is 15.9 Å². The van der Waals surface area contributed by atoms with Gasteiger partial charge in [-0.25, -0.2) is 0 Å². The van der Waals surface area contributed by atoms with Crippen molar-refractivity contribution in [2.75, 3.05) is 13.7 Å². The van der Waals surface area contributed by atoms with Crippen LogP contribution in [0.15, 0.2) is 22.7 Å². The Kier molecular flexibility index (Phi) is 5.03. The van der Waals surface area contributed by atoms with Gasteiger partial charge in [-0.2, -0.15) is 0 Å². The van der Waals surface area contributed by atoms with Gasteiger partial charge in [-0.15, -0.1) is 0 Å². The first kappa shape index (κ1) is 13.8. The molecular formula is C14H20BrNO2. The second kappa shape index (κ2) is 6.55. The molecule has 0 spiro atoms. The van der Waals surface area contributed by atoms with Gasteiger partial charge in [0.1, 0.15) is 12.4 Å². The van der Waals surface area contributed by atoms with Crippen LogP contribution in [0.1, 0.15) is 25.3 Å². The lowest BCUT2D eigenvalue weighted by atomic mass is 10.2. The van der Waals surface area contributed by atoms with E-state index in [-0.39, 0.29) is 6.10 Å². The standard InChI is InChI=1S/C14H20BrNO2/c1-10(17-2)9-18-14-6-3-11(7-13(14)15)8-16-12-4-5-12/h3,6-7,10,12,16H,4-5,8-9H2,1-2H3. The van der Waals surface area contributed by atoms with Crippen molar-refractivity contribution < 1.29 is 9.47 Å². The van der Waals surface area contributed by atoms with Crippen LogP contribution in [0.5, 0.6) is 5.75 Å². The van der Waals surface area contributed by atoms with E-state index in [4.69, 9.17) is 9.47 Å². The number of nitrogens with one attached hydrogen (secondary N) is 1. The quantitative estimate of drug-likeness (QED) is 0.839. The third kappa shape index (κ3) is 4.26. The number of halogens is 1. The molecule has 1 aliphatic rings. The van der Waals surface area contributed by atoms with Gasteiger partial charge >= 0.3 is 0 Å². The molecule has 1 aromatic rings. The molecule has 1 N–H and O–H groups in total. The van der Waals surface area contributed by atoms with Crippen molar-refractivity contribution in [3.05, 3.63) is 28.2 Å². The smallest absolute Gasteiger partial charge is 0.133 e. The molecule has 0 radical (unpaired) electrons. The highest BCUT2D eigenvalue weighted by Gasteiger charge is 2.20. The highest BCUT2D eigenvalue weighted by atomic mass is 79.9. The van der Waals surface area contributed by atoms with Crippen molar-refractivity contribution in [3.63, 3.8) is 0 Å². The van der Waals surface area contributed by atoms with E-state index in [0.717, 1.165) is 22.8 Å². The van der Waals surface area contributed by atoms with Crippen molar-refractivity contribution in [2.45, 2.75) is 38.5 Å². The van der Waals surface area contributed by atoms with E-state index >= 15 is 0 Å². The molecule has 0 amide bonds. The molecule has 1 fully saturated rings. The average molecular weight is 314 g/mol. The summed E-state index contributed by atoms with van der Waals surface area (Å²) < 4.78 is 11.8. The molecule has 0 aromatic heterocycles. The van der Waals surface area contributed by atoms with Crippen LogP contribution in [0.3, 0.4) is 0 Å². The third-order valence-electron chi connectivity index (χ3n) is 3.04. The average Bonchev–Trinajstić information content (AvgIpc) is 3.18. The lowest BCUT2D eigenvalue weighted by Gasteiger charge is -2.13. The van der Waals surface area contributed by atoms with Crippen LogP contribution in [0.4, 0.5) is 0 Å². The second-order valence-corrected chi connectivity index (χ2v) is 5.63. The number of ether oxygens (including phenoxy) is 2. The molecule has 1 saturated carbocycles. The van der Waals surface area contributed by atoms with Crippen LogP contribution in [0, 0.1) is 0 Å². The highest BCUT2D eigenvalue weighted by molar-refractivity contribution is 9.10. The van der Waals surface area contributed by atoms with E-state index in [9.17, 15) is 0 Å². The summed E-state index contributed by atoms with van der Waals surface area (Å²) in [4.78, 5) is 0. The number of hydrogen-bond donors (Lipinski definition) is 1. The Labute approximate surface area is 117 Å². The predicted molar refractivity (Wildman–Crippen MR) is 76.0 cm³/mol. The lowest BCUT2D eigenvalue weighted by Crippen LogP contribution is -2.16. The van der Waals surface area contributed by atoms with Crippen LogP contribution >= 0.6 is 15.9 Å². The van der Waals surface area contributed by atoms with Gasteiger partial charge in [0.2, 0.25) is 0 Å². The molecule has 0 aliphatic heterocycles. The van der Waals surface area contributed by atoms with Gasteiger partial charge in [0.05, 0.1) is 10.6 Å². The maximum atomic E-state index is 5.69. The maximum absolute atomic E-state index is 5.69. The van der Waals surface area contributed by atoms with Gasteiger partial charge in [-0.3, -0.25) is 0 Å². The van der Waals surface area contributed by atoms with Crippen LogP contribution in [-0.2, 0) is 11.3 Å². The Balaban J connectivity index is 1.87. The van der Waals surface area contributed by atoms with Crippen molar-refractivity contribution in [2.24, 2.45) is 0 Å². The SMILES string of the molecule is COC(C)COc1ccc(CNC2CC2)cc1Br. The molecule has 0 bridgehead atoms. The second-order valence-electron chi connectivity index (χ2n) is 4.78. The number of hydrogen-bond acceptors (Lipinski definition) is 3. The molecule has 4 heteroatoms. The number of rotatable bonds is 7. The highest BCUT2D eigenvalue weighted by Crippen LogP contribution is 2.27. The topological polar surface area (TPSA) is 30.5 Å². The molecule has 3 nitrogen and oxygen atoms in total. The Hall–Kier alpha value is -0.580. The maximum Gasteiger partial charge on any atom is 0.133 e. The van der Waals surface area contributed by atoms with E-state index in [0.29, 0.717) is 6.61 Å². The van der Waals surface area contributed by atoms with E-state index in [1.54, 1.807) is 7.11 Å². The predicted octanol–water partition coefficient (Wildman–Crippen LogP) is 3.11. The zero-order chi connectivity index (χ0) is 13.0. The fraction of sp³-hybridized carbons (Fsp3) is 0.571. The molecular weight excluding hydrogens is 294 g/mol. The first-order valence-corrected chi connectivity index (χ1v) is 7.15. The fourth-order valence-electron chi connectivity index (χ4n) is 1.60. The first-order chi connectivity index (χ1) is 8.69. The molecule has 1 unspecified atom stereocenters. The first-order valence-electron chi connectivity index (χ1n) is 6.36. The van der Waals surface area contributed by atoms with Gasteiger partial charge in [0.25, 0.3) is 0 Å².